The van der Waals surface area contributed by atoms with E-state index in [1.807, 2.05) is 0 Å². The Morgan fingerprint density at radius 2 is 2.22 bits per heavy atom. The first kappa shape index (κ1) is 14.3. The van der Waals surface area contributed by atoms with Gasteiger partial charge in [0, 0.05) is 30.6 Å². The van der Waals surface area contributed by atoms with E-state index in [1.54, 1.807) is 0 Å². The van der Waals surface area contributed by atoms with E-state index in [0.717, 1.165) is 31.9 Å². The topological polar surface area (TPSA) is 41.5 Å². The van der Waals surface area contributed by atoms with Gasteiger partial charge in [-0.05, 0) is 38.1 Å². The van der Waals surface area contributed by atoms with Crippen molar-refractivity contribution in [2.45, 2.75) is 58.6 Å². The maximum atomic E-state index is 9.00. The summed E-state index contributed by atoms with van der Waals surface area (Å²) in [7, 11) is 0. The summed E-state index contributed by atoms with van der Waals surface area (Å²) in [5.74, 6) is 1.16. The third-order valence-electron chi connectivity index (χ3n) is 4.88. The van der Waals surface area contributed by atoms with Crippen LogP contribution in [0.5, 0.6) is 0 Å². The lowest BCUT2D eigenvalue weighted by atomic mass is 9.55. The molecule has 0 aromatic rings. The zero-order chi connectivity index (χ0) is 13.2. The Morgan fingerprint density at radius 1 is 1.44 bits per heavy atom. The van der Waals surface area contributed by atoms with E-state index < -0.39 is 0 Å². The number of hydrogen-bond donors (Lipinski definition) is 2. The number of ether oxygens (including phenoxy) is 1. The fourth-order valence-electron chi connectivity index (χ4n) is 3.74. The van der Waals surface area contributed by atoms with Crippen molar-refractivity contribution in [2.24, 2.45) is 17.3 Å². The summed E-state index contributed by atoms with van der Waals surface area (Å²) >= 11 is 0. The van der Waals surface area contributed by atoms with Gasteiger partial charge < -0.3 is 15.2 Å². The predicted octanol–water partition coefficient (Wildman–Crippen LogP) is 2.19. The second kappa shape index (κ2) is 5.89. The van der Waals surface area contributed by atoms with Gasteiger partial charge in [0.25, 0.3) is 0 Å². The predicted molar refractivity (Wildman–Crippen MR) is 73.5 cm³/mol. The zero-order valence-electron chi connectivity index (χ0n) is 12.1. The average Bonchev–Trinajstić information content (AvgIpc) is 2.38. The molecule has 0 bridgehead atoms. The molecule has 2 fully saturated rings. The Labute approximate surface area is 111 Å². The standard InChI is InChI=1S/C15H29NO2/c1-11(10-17)6-4-8-16-13-12-7-5-9-18-14(12)15(13,2)3/h11-14,16-17H,4-10H2,1-3H3. The van der Waals surface area contributed by atoms with E-state index in [2.05, 4.69) is 26.1 Å². The van der Waals surface area contributed by atoms with Crippen LogP contribution in [0.3, 0.4) is 0 Å². The minimum absolute atomic E-state index is 0.285. The Bertz CT molecular complexity index is 267. The molecule has 0 radical (unpaired) electrons. The van der Waals surface area contributed by atoms with Crippen LogP contribution in [0.1, 0.15) is 46.5 Å². The van der Waals surface area contributed by atoms with E-state index in [4.69, 9.17) is 9.84 Å². The zero-order valence-corrected chi connectivity index (χ0v) is 12.1. The van der Waals surface area contributed by atoms with Crippen molar-refractivity contribution < 1.29 is 9.84 Å². The highest BCUT2D eigenvalue weighted by Crippen LogP contribution is 2.51. The van der Waals surface area contributed by atoms with Gasteiger partial charge in [-0.1, -0.05) is 20.8 Å². The van der Waals surface area contributed by atoms with Gasteiger partial charge in [-0.2, -0.15) is 0 Å². The number of fused-ring (bicyclic) bond motifs is 1. The molecule has 1 heterocycles. The lowest BCUT2D eigenvalue weighted by molar-refractivity contribution is -0.192. The molecule has 1 saturated heterocycles. The molecule has 18 heavy (non-hydrogen) atoms. The van der Waals surface area contributed by atoms with E-state index in [1.165, 1.54) is 12.8 Å². The third-order valence-corrected chi connectivity index (χ3v) is 4.88. The van der Waals surface area contributed by atoms with Crippen molar-refractivity contribution in [3.05, 3.63) is 0 Å². The van der Waals surface area contributed by atoms with Gasteiger partial charge in [-0.25, -0.2) is 0 Å². The van der Waals surface area contributed by atoms with Crippen LogP contribution in [0.4, 0.5) is 0 Å². The minimum Gasteiger partial charge on any atom is -0.396 e. The monoisotopic (exact) mass is 255 g/mol. The summed E-state index contributed by atoms with van der Waals surface area (Å²) in [6.07, 6.45) is 5.28. The lowest BCUT2D eigenvalue weighted by Gasteiger charge is -2.60. The molecule has 0 aromatic carbocycles. The highest BCUT2D eigenvalue weighted by Gasteiger charge is 2.57. The highest BCUT2D eigenvalue weighted by molar-refractivity contribution is 5.10. The summed E-state index contributed by atoms with van der Waals surface area (Å²) in [6.45, 7) is 9.10. The smallest absolute Gasteiger partial charge is 0.0684 e. The molecule has 106 valence electrons. The summed E-state index contributed by atoms with van der Waals surface area (Å²) in [6, 6.07) is 0.618. The molecule has 2 rings (SSSR count). The molecular weight excluding hydrogens is 226 g/mol. The van der Waals surface area contributed by atoms with Crippen molar-refractivity contribution in [3.8, 4) is 0 Å². The van der Waals surface area contributed by atoms with Crippen LogP contribution in [0.25, 0.3) is 0 Å². The third kappa shape index (κ3) is 2.73. The quantitative estimate of drug-likeness (QED) is 0.715. The molecule has 0 aromatic heterocycles. The Morgan fingerprint density at radius 3 is 2.94 bits per heavy atom. The van der Waals surface area contributed by atoms with Crippen molar-refractivity contribution in [3.63, 3.8) is 0 Å². The molecule has 1 saturated carbocycles. The van der Waals surface area contributed by atoms with Gasteiger partial charge in [0.2, 0.25) is 0 Å². The first-order chi connectivity index (χ1) is 8.57. The number of aliphatic hydroxyl groups is 1. The van der Waals surface area contributed by atoms with Crippen molar-refractivity contribution in [1.82, 2.24) is 5.32 Å². The second-order valence-electron chi connectivity index (χ2n) is 6.78. The Hall–Kier alpha value is -0.120. The van der Waals surface area contributed by atoms with Crippen LogP contribution >= 0.6 is 0 Å². The largest absolute Gasteiger partial charge is 0.396 e. The molecule has 4 atom stereocenters. The van der Waals surface area contributed by atoms with Gasteiger partial charge in [-0.15, -0.1) is 0 Å². The van der Waals surface area contributed by atoms with Gasteiger partial charge in [0.15, 0.2) is 0 Å². The average molecular weight is 255 g/mol. The van der Waals surface area contributed by atoms with Gasteiger partial charge in [0.1, 0.15) is 0 Å². The van der Waals surface area contributed by atoms with E-state index in [-0.39, 0.29) is 5.41 Å². The molecule has 0 amide bonds. The van der Waals surface area contributed by atoms with Gasteiger partial charge >= 0.3 is 0 Å². The summed E-state index contributed by atoms with van der Waals surface area (Å²) < 4.78 is 5.91. The first-order valence-corrected chi connectivity index (χ1v) is 7.53. The maximum Gasteiger partial charge on any atom is 0.0684 e. The van der Waals surface area contributed by atoms with Crippen molar-refractivity contribution >= 4 is 0 Å². The summed E-state index contributed by atoms with van der Waals surface area (Å²) in [4.78, 5) is 0. The maximum absolute atomic E-state index is 9.00. The van der Waals surface area contributed by atoms with E-state index in [9.17, 15) is 0 Å². The molecule has 0 spiro atoms. The first-order valence-electron chi connectivity index (χ1n) is 7.53. The Kier molecular flexibility index (Phi) is 4.68. The molecule has 1 aliphatic heterocycles. The van der Waals surface area contributed by atoms with Gasteiger partial charge in [-0.3, -0.25) is 0 Å². The highest BCUT2D eigenvalue weighted by atomic mass is 16.5. The number of rotatable bonds is 6. The van der Waals surface area contributed by atoms with Crippen molar-refractivity contribution in [2.75, 3.05) is 19.8 Å². The SMILES string of the molecule is CC(CO)CCCNC1C2CCCOC2C1(C)C. The molecule has 2 N–H and O–H groups in total. The van der Waals surface area contributed by atoms with E-state index >= 15 is 0 Å². The fourth-order valence-corrected chi connectivity index (χ4v) is 3.74. The normalized spacial score (nSPS) is 35.7. The van der Waals surface area contributed by atoms with Crippen LogP contribution in [-0.4, -0.2) is 37.0 Å². The molecular formula is C15H29NO2. The van der Waals surface area contributed by atoms with Gasteiger partial charge in [0.05, 0.1) is 6.10 Å². The summed E-state index contributed by atoms with van der Waals surface area (Å²) in [5.41, 5.74) is 0.285. The molecule has 2 aliphatic rings. The second-order valence-corrected chi connectivity index (χ2v) is 6.78. The fraction of sp³-hybridized carbons (Fsp3) is 1.00. The molecule has 4 unspecified atom stereocenters. The number of hydrogen-bond acceptors (Lipinski definition) is 3. The Balaban J connectivity index is 1.72. The molecule has 1 aliphatic carbocycles. The minimum atomic E-state index is 0.285. The molecule has 3 nitrogen and oxygen atoms in total. The number of nitrogens with one attached hydrogen (secondary N) is 1. The molecule has 3 heteroatoms. The van der Waals surface area contributed by atoms with Crippen molar-refractivity contribution in [1.29, 1.82) is 0 Å². The van der Waals surface area contributed by atoms with Crippen LogP contribution in [0, 0.1) is 17.3 Å². The summed E-state index contributed by atoms with van der Waals surface area (Å²) in [5, 5.41) is 12.7. The lowest BCUT2D eigenvalue weighted by Crippen LogP contribution is -2.69. The van der Waals surface area contributed by atoms with Crippen LogP contribution in [0.2, 0.25) is 0 Å². The van der Waals surface area contributed by atoms with E-state index in [0.29, 0.717) is 24.7 Å². The van der Waals surface area contributed by atoms with Crippen LogP contribution in [-0.2, 0) is 4.74 Å². The number of aliphatic hydroxyl groups excluding tert-OH is 1. The van der Waals surface area contributed by atoms with Crippen LogP contribution < -0.4 is 5.32 Å². The van der Waals surface area contributed by atoms with Crippen LogP contribution in [0.15, 0.2) is 0 Å².